The summed E-state index contributed by atoms with van der Waals surface area (Å²) in [5.41, 5.74) is 6.19. The minimum Gasteiger partial charge on any atom is -0.462 e. The average molecular weight is 926 g/mol. The summed E-state index contributed by atoms with van der Waals surface area (Å²) in [6.45, 7) is 16.7. The molecule has 3 aliphatic heterocycles. The maximum Gasteiger partial charge on any atom is 0.355 e. The predicted molar refractivity (Wildman–Crippen MR) is 251 cm³/mol. The molecule has 18 heteroatoms. The van der Waals surface area contributed by atoms with Gasteiger partial charge in [0, 0.05) is 92.2 Å². The second-order valence-electron chi connectivity index (χ2n) is 18.7. The van der Waals surface area contributed by atoms with E-state index < -0.39 is 41.0 Å². The molecule has 17 nitrogen and oxygen atoms in total. The number of urea groups is 1. The Bertz CT molecular complexity index is 2500. The van der Waals surface area contributed by atoms with Crippen LogP contribution in [0.4, 0.5) is 4.79 Å². The van der Waals surface area contributed by atoms with Crippen molar-refractivity contribution in [1.29, 1.82) is 0 Å². The van der Waals surface area contributed by atoms with Crippen LogP contribution in [-0.2, 0) is 48.0 Å². The summed E-state index contributed by atoms with van der Waals surface area (Å²) in [5.74, 6) is -2.79. The molecule has 7 rings (SSSR count). The number of carbonyl (C=O) groups excluding carboxylic acids is 5. The number of rotatable bonds is 11. The molecule has 0 aliphatic carbocycles. The lowest BCUT2D eigenvalue weighted by atomic mass is 9.84. The molecular weight excluding hydrogens is 863 g/mol. The quantitative estimate of drug-likeness (QED) is 0.117. The number of hydrogen-bond acceptors (Lipinski definition) is 12. The zero-order valence-electron chi connectivity index (χ0n) is 39.2. The molecule has 6 bridgehead atoms. The molecule has 3 aromatic heterocycles. The number of amides is 5. The van der Waals surface area contributed by atoms with Crippen molar-refractivity contribution >= 4 is 52.0 Å². The number of cyclic esters (lactones) is 1. The Morgan fingerprint density at radius 3 is 2.64 bits per heavy atom. The van der Waals surface area contributed by atoms with Crippen molar-refractivity contribution in [3.05, 3.63) is 70.8 Å². The standard InChI is InChI=1S/C48H63N9O8S/c1-10-38(58)50-25-31-17-21-56(31)46(62)54(8)41(28(3)4)43(59)52-35-23-39-51-36(26-66-39)30-15-16-37-33(22-30)34(42(55(37)11-2)32-14-12-19-49-40(32)29(5)64-9)24-47(6,7)27-65-45(61)48(63)18-13-20-57(53-48)44(35)60/h10,12,14-16,19,22,26,28-29,31,35,41,53,63H,1,11,13,17-18,20-21,23-25,27H2,2-9H3,(H,50,58)(H,52,59)/t29-,31-,35-,41-,48-/m0/s1. The van der Waals surface area contributed by atoms with Gasteiger partial charge in [0.2, 0.25) is 17.5 Å². The second kappa shape index (κ2) is 19.6. The van der Waals surface area contributed by atoms with Crippen molar-refractivity contribution in [3.63, 3.8) is 0 Å². The highest BCUT2D eigenvalue weighted by atomic mass is 32.1. The van der Waals surface area contributed by atoms with Crippen LogP contribution >= 0.6 is 11.3 Å². The summed E-state index contributed by atoms with van der Waals surface area (Å²) >= 11 is 1.35. The molecule has 2 fully saturated rings. The van der Waals surface area contributed by atoms with Crippen LogP contribution < -0.4 is 16.1 Å². The maximum atomic E-state index is 14.6. The molecule has 1 aromatic carbocycles. The molecule has 6 heterocycles. The Labute approximate surface area is 389 Å². The van der Waals surface area contributed by atoms with Gasteiger partial charge < -0.3 is 39.6 Å². The Balaban J connectivity index is 1.27. The molecule has 0 radical (unpaired) electrons. The third kappa shape index (κ3) is 9.73. The van der Waals surface area contributed by atoms with Crippen molar-refractivity contribution in [3.8, 4) is 22.5 Å². The molecule has 0 saturated carbocycles. The number of hydrazine groups is 1. The summed E-state index contributed by atoms with van der Waals surface area (Å²) in [4.78, 5) is 81.5. The summed E-state index contributed by atoms with van der Waals surface area (Å²) in [7, 11) is 3.22. The van der Waals surface area contributed by atoms with Gasteiger partial charge in [-0.05, 0) is 74.9 Å². The number of aromatic nitrogens is 3. The first-order chi connectivity index (χ1) is 31.4. The van der Waals surface area contributed by atoms with Crippen molar-refractivity contribution in [1.82, 2.24) is 45.4 Å². The molecule has 2 saturated heterocycles. The van der Waals surface area contributed by atoms with Crippen LogP contribution in [0.5, 0.6) is 0 Å². The molecule has 3 aliphatic rings. The lowest BCUT2D eigenvalue weighted by molar-refractivity contribution is -0.189. The van der Waals surface area contributed by atoms with Crippen LogP contribution in [0.3, 0.4) is 0 Å². The monoisotopic (exact) mass is 925 g/mol. The van der Waals surface area contributed by atoms with Crippen LogP contribution in [0.25, 0.3) is 33.4 Å². The Morgan fingerprint density at radius 2 is 1.95 bits per heavy atom. The Kier molecular flexibility index (Phi) is 14.4. The summed E-state index contributed by atoms with van der Waals surface area (Å²) in [6, 6.07) is 7.40. The highest BCUT2D eigenvalue weighted by molar-refractivity contribution is 7.10. The number of aliphatic hydroxyl groups is 1. The summed E-state index contributed by atoms with van der Waals surface area (Å²) in [6.07, 6.45) is 4.05. The average Bonchev–Trinajstić information content (AvgIpc) is 3.88. The van der Waals surface area contributed by atoms with E-state index in [1.54, 1.807) is 25.3 Å². The fraction of sp³-hybridized carbons (Fsp3) is 0.521. The van der Waals surface area contributed by atoms with Crippen LogP contribution in [0, 0.1) is 11.3 Å². The van der Waals surface area contributed by atoms with Gasteiger partial charge >= 0.3 is 12.0 Å². The van der Waals surface area contributed by atoms with Crippen molar-refractivity contribution in [2.24, 2.45) is 11.3 Å². The second-order valence-corrected chi connectivity index (χ2v) is 19.6. The zero-order chi connectivity index (χ0) is 47.7. The first-order valence-electron chi connectivity index (χ1n) is 22.7. The molecule has 5 atom stereocenters. The van der Waals surface area contributed by atoms with Gasteiger partial charge in [0.25, 0.3) is 5.91 Å². The normalized spacial score (nSPS) is 21.9. The van der Waals surface area contributed by atoms with Gasteiger partial charge in [0.05, 0.1) is 40.8 Å². The van der Waals surface area contributed by atoms with Crippen molar-refractivity contribution < 1.29 is 38.6 Å². The number of nitrogens with one attached hydrogen (secondary N) is 3. The van der Waals surface area contributed by atoms with Crippen molar-refractivity contribution in [2.45, 2.75) is 110 Å². The number of methoxy groups -OCH3 is 1. The number of ether oxygens (including phenoxy) is 2. The number of benzene rings is 1. The Hall–Kier alpha value is -5.69. The fourth-order valence-electron chi connectivity index (χ4n) is 9.30. The van der Waals surface area contributed by atoms with Gasteiger partial charge in [0.1, 0.15) is 12.1 Å². The molecule has 4 N–H and O–H groups in total. The number of likely N-dealkylation sites (N-methyl/N-ethyl adjacent to an activating group) is 1. The van der Waals surface area contributed by atoms with Crippen LogP contribution in [0.1, 0.15) is 83.2 Å². The van der Waals surface area contributed by atoms with Gasteiger partial charge in [0.15, 0.2) is 0 Å². The molecular formula is C48H63N9O8S. The maximum absolute atomic E-state index is 14.6. The van der Waals surface area contributed by atoms with Gasteiger partial charge in [-0.25, -0.2) is 14.6 Å². The van der Waals surface area contributed by atoms with E-state index in [0.29, 0.717) is 36.6 Å². The van der Waals surface area contributed by atoms with E-state index in [-0.39, 0.29) is 69.0 Å². The molecule has 66 heavy (non-hydrogen) atoms. The molecule has 4 aromatic rings. The molecule has 5 amide bonds. The topological polar surface area (TPSA) is 201 Å². The van der Waals surface area contributed by atoms with E-state index in [4.69, 9.17) is 19.4 Å². The number of likely N-dealkylation sites (tertiary alicyclic amines) is 1. The number of fused-ring (bicyclic) bond motifs is 6. The number of nitrogens with zero attached hydrogens (tertiary/aromatic N) is 6. The third-order valence-electron chi connectivity index (χ3n) is 13.0. The molecule has 354 valence electrons. The predicted octanol–water partition coefficient (Wildman–Crippen LogP) is 4.98. The highest BCUT2D eigenvalue weighted by Gasteiger charge is 2.46. The first kappa shape index (κ1) is 48.2. The van der Waals surface area contributed by atoms with E-state index in [1.165, 1.54) is 27.3 Å². The van der Waals surface area contributed by atoms with Gasteiger partial charge in [-0.3, -0.25) is 24.4 Å². The summed E-state index contributed by atoms with van der Waals surface area (Å²) in [5, 5.41) is 22.2. The number of esters is 1. The van der Waals surface area contributed by atoms with E-state index in [2.05, 4.69) is 52.3 Å². The van der Waals surface area contributed by atoms with E-state index in [1.807, 2.05) is 52.1 Å². The largest absolute Gasteiger partial charge is 0.462 e. The number of aryl methyl sites for hydroxylation is 1. The van der Waals surface area contributed by atoms with Crippen LogP contribution in [0.2, 0.25) is 0 Å². The lowest BCUT2D eigenvalue weighted by Crippen LogP contribution is -2.67. The molecule has 0 unspecified atom stereocenters. The van der Waals surface area contributed by atoms with Gasteiger partial charge in [-0.2, -0.15) is 5.43 Å². The summed E-state index contributed by atoms with van der Waals surface area (Å²) < 4.78 is 14.0. The smallest absolute Gasteiger partial charge is 0.355 e. The van der Waals surface area contributed by atoms with Gasteiger partial charge in [-0.1, -0.05) is 40.3 Å². The van der Waals surface area contributed by atoms with E-state index in [9.17, 15) is 29.1 Å². The van der Waals surface area contributed by atoms with Crippen LogP contribution in [0.15, 0.2) is 54.6 Å². The van der Waals surface area contributed by atoms with E-state index in [0.717, 1.165) is 39.0 Å². The van der Waals surface area contributed by atoms with Gasteiger partial charge in [-0.15, -0.1) is 11.3 Å². The minimum absolute atomic E-state index is 0.0155. The SMILES string of the molecule is C=CC(=O)NC[C@@H]1CCN1C(=O)N(C)[C@H](C(=O)N[C@H]1Cc2nc(cs2)-c2ccc3c(c2)c(c(-c2cccnc2[C@H](C)OC)n3CC)CC(C)(C)COC(=O)[C@@]2(O)CCCN(N2)C1=O)C(C)C. The van der Waals surface area contributed by atoms with Crippen LogP contribution in [-0.4, -0.2) is 128 Å². The Morgan fingerprint density at radius 1 is 1.18 bits per heavy atom. The zero-order valence-corrected chi connectivity index (χ0v) is 40.0. The number of thiazole rings is 1. The number of hydrogen-bond donors (Lipinski definition) is 4. The fourth-order valence-corrected chi connectivity index (χ4v) is 10.2. The highest BCUT2D eigenvalue weighted by Crippen LogP contribution is 2.42. The van der Waals surface area contributed by atoms with E-state index >= 15 is 0 Å². The molecule has 0 spiro atoms. The lowest BCUT2D eigenvalue weighted by Gasteiger charge is -2.44. The minimum atomic E-state index is -2.23. The third-order valence-corrected chi connectivity index (χ3v) is 13.8. The van der Waals surface area contributed by atoms with Crippen molar-refractivity contribution in [2.75, 3.05) is 40.4 Å². The first-order valence-corrected chi connectivity index (χ1v) is 23.6. The number of pyridine rings is 1. The number of carbonyl (C=O) groups is 5.